The third kappa shape index (κ3) is 3.11. The molecular weight excluding hydrogens is 259 g/mol. The van der Waals surface area contributed by atoms with E-state index in [9.17, 15) is 9.18 Å². The summed E-state index contributed by atoms with van der Waals surface area (Å²) >= 11 is 0. The van der Waals surface area contributed by atoms with Gasteiger partial charge in [-0.2, -0.15) is 0 Å². The number of halogens is 2. The van der Waals surface area contributed by atoms with Crippen molar-refractivity contribution in [3.63, 3.8) is 0 Å². The quantitative estimate of drug-likeness (QED) is 0.891. The molecule has 2 rings (SSSR count). The van der Waals surface area contributed by atoms with Gasteiger partial charge in [-0.15, -0.1) is 12.4 Å². The van der Waals surface area contributed by atoms with Gasteiger partial charge in [0.1, 0.15) is 5.82 Å². The van der Waals surface area contributed by atoms with Crippen molar-refractivity contribution in [1.29, 1.82) is 0 Å². The molecule has 4 nitrogen and oxygen atoms in total. The van der Waals surface area contributed by atoms with Gasteiger partial charge in [0.15, 0.2) is 0 Å². The van der Waals surface area contributed by atoms with Gasteiger partial charge in [-0.25, -0.2) is 9.18 Å². The first kappa shape index (κ1) is 14.7. The zero-order valence-corrected chi connectivity index (χ0v) is 10.9. The lowest BCUT2D eigenvalue weighted by atomic mass is 10.1. The second-order valence-corrected chi connectivity index (χ2v) is 4.26. The number of hydrogen-bond donors (Lipinski definition) is 1. The number of anilines is 1. The Bertz CT molecular complexity index is 434. The molecule has 0 radical (unpaired) electrons. The molecule has 100 valence electrons. The molecule has 1 fully saturated rings. The van der Waals surface area contributed by atoms with Crippen LogP contribution in [0.3, 0.4) is 0 Å². The van der Waals surface area contributed by atoms with E-state index in [1.54, 1.807) is 6.07 Å². The third-order valence-electron chi connectivity index (χ3n) is 3.05. The van der Waals surface area contributed by atoms with Gasteiger partial charge in [-0.1, -0.05) is 0 Å². The number of aromatic carboxylic acids is 1. The van der Waals surface area contributed by atoms with Crippen LogP contribution >= 0.6 is 12.4 Å². The minimum atomic E-state index is -1.23. The van der Waals surface area contributed by atoms with Crippen LogP contribution in [-0.4, -0.2) is 49.2 Å². The van der Waals surface area contributed by atoms with E-state index in [0.29, 0.717) is 0 Å². The molecule has 1 aromatic carbocycles. The van der Waals surface area contributed by atoms with Crippen LogP contribution in [0.1, 0.15) is 10.4 Å². The van der Waals surface area contributed by atoms with Crippen molar-refractivity contribution in [2.75, 3.05) is 38.1 Å². The minimum Gasteiger partial charge on any atom is -0.478 e. The summed E-state index contributed by atoms with van der Waals surface area (Å²) < 4.78 is 13.5. The van der Waals surface area contributed by atoms with E-state index in [4.69, 9.17) is 5.11 Å². The fraction of sp³-hybridized carbons (Fsp3) is 0.417. The number of carboxylic acid groups (broad SMARTS) is 1. The Morgan fingerprint density at radius 1 is 1.28 bits per heavy atom. The lowest BCUT2D eigenvalue weighted by Crippen LogP contribution is -2.44. The first-order valence-corrected chi connectivity index (χ1v) is 5.54. The second-order valence-electron chi connectivity index (χ2n) is 4.26. The van der Waals surface area contributed by atoms with E-state index < -0.39 is 11.8 Å². The Labute approximate surface area is 111 Å². The molecule has 0 atom stereocenters. The Hall–Kier alpha value is -1.33. The summed E-state index contributed by atoms with van der Waals surface area (Å²) in [5.41, 5.74) is 0.475. The number of piperazine rings is 1. The molecule has 1 aliphatic rings. The summed E-state index contributed by atoms with van der Waals surface area (Å²) in [5.74, 6) is -1.90. The Kier molecular flexibility index (Phi) is 4.93. The molecule has 18 heavy (non-hydrogen) atoms. The van der Waals surface area contributed by atoms with Gasteiger partial charge in [0.05, 0.1) is 5.56 Å². The third-order valence-corrected chi connectivity index (χ3v) is 3.05. The molecule has 1 saturated heterocycles. The number of carbonyl (C=O) groups is 1. The smallest absolute Gasteiger partial charge is 0.338 e. The first-order chi connectivity index (χ1) is 8.08. The Balaban J connectivity index is 0.00000162. The van der Waals surface area contributed by atoms with Crippen LogP contribution in [-0.2, 0) is 0 Å². The van der Waals surface area contributed by atoms with E-state index in [0.717, 1.165) is 31.9 Å². The van der Waals surface area contributed by atoms with E-state index >= 15 is 0 Å². The maximum atomic E-state index is 13.5. The topological polar surface area (TPSA) is 43.8 Å². The van der Waals surface area contributed by atoms with Crippen molar-refractivity contribution < 1.29 is 14.3 Å². The number of hydrogen-bond acceptors (Lipinski definition) is 3. The Morgan fingerprint density at radius 3 is 2.39 bits per heavy atom. The molecule has 0 aromatic heterocycles. The van der Waals surface area contributed by atoms with Crippen LogP contribution in [0.4, 0.5) is 10.1 Å². The summed E-state index contributed by atoms with van der Waals surface area (Å²) in [7, 11) is 2.05. The van der Waals surface area contributed by atoms with Gasteiger partial charge in [-0.05, 0) is 25.2 Å². The normalized spacial score (nSPS) is 16.2. The molecular formula is C12H16ClFN2O2. The van der Waals surface area contributed by atoms with Crippen LogP contribution in [0, 0.1) is 5.82 Å². The Morgan fingerprint density at radius 2 is 1.89 bits per heavy atom. The largest absolute Gasteiger partial charge is 0.478 e. The second kappa shape index (κ2) is 6.02. The number of likely N-dealkylation sites (N-methyl/N-ethyl adjacent to an activating group) is 1. The molecule has 1 aromatic rings. The lowest BCUT2D eigenvalue weighted by Gasteiger charge is -2.34. The highest BCUT2D eigenvalue weighted by atomic mass is 35.5. The molecule has 1 aliphatic heterocycles. The zero-order valence-electron chi connectivity index (χ0n) is 10.1. The number of nitrogens with zero attached hydrogens (tertiary/aromatic N) is 2. The van der Waals surface area contributed by atoms with Crippen molar-refractivity contribution in [2.45, 2.75) is 0 Å². The molecule has 1 N–H and O–H groups in total. The summed E-state index contributed by atoms with van der Waals surface area (Å²) in [6.07, 6.45) is 0. The number of rotatable bonds is 2. The molecule has 0 unspecified atom stereocenters. The standard InChI is InChI=1S/C12H15FN2O2.ClH/c1-14-4-6-15(7-5-14)9-2-3-10(12(16)17)11(13)8-9;/h2-3,8H,4-7H2,1H3,(H,16,17);1H. The highest BCUT2D eigenvalue weighted by Gasteiger charge is 2.17. The van der Waals surface area contributed by atoms with Gasteiger partial charge in [0.2, 0.25) is 0 Å². The fourth-order valence-corrected chi connectivity index (χ4v) is 1.94. The summed E-state index contributed by atoms with van der Waals surface area (Å²) in [5, 5.41) is 8.74. The van der Waals surface area contributed by atoms with E-state index in [1.165, 1.54) is 12.1 Å². The SMILES string of the molecule is CN1CCN(c2ccc(C(=O)O)c(F)c2)CC1.Cl. The highest BCUT2D eigenvalue weighted by molar-refractivity contribution is 5.88. The summed E-state index contributed by atoms with van der Waals surface area (Å²) in [6.45, 7) is 3.54. The van der Waals surface area contributed by atoms with Gasteiger partial charge < -0.3 is 14.9 Å². The van der Waals surface area contributed by atoms with Crippen molar-refractivity contribution in [3.8, 4) is 0 Å². The predicted molar refractivity (Wildman–Crippen MR) is 70.3 cm³/mol. The maximum absolute atomic E-state index is 13.5. The lowest BCUT2D eigenvalue weighted by molar-refractivity contribution is 0.0692. The van der Waals surface area contributed by atoms with Crippen LogP contribution in [0.15, 0.2) is 18.2 Å². The van der Waals surface area contributed by atoms with Crippen LogP contribution in [0.2, 0.25) is 0 Å². The van der Waals surface area contributed by atoms with Crippen molar-refractivity contribution in [3.05, 3.63) is 29.6 Å². The van der Waals surface area contributed by atoms with Crippen LogP contribution < -0.4 is 4.90 Å². The van der Waals surface area contributed by atoms with Crippen molar-refractivity contribution >= 4 is 24.1 Å². The number of carboxylic acids is 1. The maximum Gasteiger partial charge on any atom is 0.338 e. The molecule has 0 amide bonds. The first-order valence-electron chi connectivity index (χ1n) is 5.54. The zero-order chi connectivity index (χ0) is 12.4. The fourth-order valence-electron chi connectivity index (χ4n) is 1.94. The molecule has 6 heteroatoms. The van der Waals surface area contributed by atoms with Crippen LogP contribution in [0.25, 0.3) is 0 Å². The predicted octanol–water partition coefficient (Wildman–Crippen LogP) is 1.70. The minimum absolute atomic E-state index is 0. The molecule has 0 spiro atoms. The average Bonchev–Trinajstić information content (AvgIpc) is 2.29. The van der Waals surface area contributed by atoms with E-state index in [2.05, 4.69) is 9.80 Å². The average molecular weight is 275 g/mol. The van der Waals surface area contributed by atoms with Crippen molar-refractivity contribution in [1.82, 2.24) is 4.90 Å². The monoisotopic (exact) mass is 274 g/mol. The number of benzene rings is 1. The molecule has 0 bridgehead atoms. The van der Waals surface area contributed by atoms with Crippen molar-refractivity contribution in [2.24, 2.45) is 0 Å². The van der Waals surface area contributed by atoms with Crippen LogP contribution in [0.5, 0.6) is 0 Å². The van der Waals surface area contributed by atoms with Gasteiger partial charge in [0, 0.05) is 31.9 Å². The van der Waals surface area contributed by atoms with Gasteiger partial charge in [-0.3, -0.25) is 0 Å². The van der Waals surface area contributed by atoms with E-state index in [-0.39, 0.29) is 18.0 Å². The molecule has 1 heterocycles. The van der Waals surface area contributed by atoms with E-state index in [1.807, 2.05) is 7.05 Å². The summed E-state index contributed by atoms with van der Waals surface area (Å²) in [6, 6.07) is 4.29. The van der Waals surface area contributed by atoms with Gasteiger partial charge in [0.25, 0.3) is 0 Å². The molecule has 0 saturated carbocycles. The summed E-state index contributed by atoms with van der Waals surface area (Å²) in [4.78, 5) is 15.0. The van der Waals surface area contributed by atoms with Gasteiger partial charge >= 0.3 is 5.97 Å². The highest BCUT2D eigenvalue weighted by Crippen LogP contribution is 2.20. The molecule has 0 aliphatic carbocycles.